The fraction of sp³-hybridized carbons (Fsp3) is 0.571. The van der Waals surface area contributed by atoms with Crippen molar-refractivity contribution in [2.75, 3.05) is 57.5 Å². The molecule has 16 heteroatoms. The number of carbonyl (C=O) groups excluding carboxylic acids is 1. The molecule has 3 fully saturated rings. The molecule has 3 aliphatic rings. The van der Waals surface area contributed by atoms with Crippen molar-refractivity contribution in [3.63, 3.8) is 0 Å². The molecule has 2 atom stereocenters. The van der Waals surface area contributed by atoms with Crippen molar-refractivity contribution in [3.8, 4) is 11.5 Å². The van der Waals surface area contributed by atoms with Gasteiger partial charge < -0.3 is 18.9 Å². The molecule has 1 saturated carbocycles. The molecule has 3 heterocycles. The van der Waals surface area contributed by atoms with Gasteiger partial charge in [-0.3, -0.25) is 9.88 Å². The van der Waals surface area contributed by atoms with E-state index < -0.39 is 34.1 Å². The summed E-state index contributed by atoms with van der Waals surface area (Å²) in [7, 11) is -3.79. The van der Waals surface area contributed by atoms with Crippen molar-refractivity contribution in [2.24, 2.45) is 5.92 Å². The Kier molecular flexibility index (Phi) is 11.5. The van der Waals surface area contributed by atoms with Crippen LogP contribution in [0.5, 0.6) is 11.5 Å². The minimum atomic E-state index is -3.79. The summed E-state index contributed by atoms with van der Waals surface area (Å²) in [5, 5.41) is -0.615. The van der Waals surface area contributed by atoms with E-state index in [1.807, 2.05) is 4.90 Å². The van der Waals surface area contributed by atoms with E-state index in [2.05, 4.69) is 9.72 Å². The zero-order valence-corrected chi connectivity index (χ0v) is 26.9. The lowest BCUT2D eigenvalue weighted by molar-refractivity contribution is -0.150. The number of esters is 1. The molecule has 0 spiro atoms. The lowest BCUT2D eigenvalue weighted by Gasteiger charge is -2.28. The molecular weight excluding hydrogens is 663 g/mol. The summed E-state index contributed by atoms with van der Waals surface area (Å²) in [6, 6.07) is 4.30. The van der Waals surface area contributed by atoms with Crippen LogP contribution in [0.4, 0.5) is 8.78 Å². The summed E-state index contributed by atoms with van der Waals surface area (Å²) in [6.07, 6.45) is 3.75. The SMILES string of the molecule is O=C(OC(Cc1c(Cl)cncc1Cl)c1ccc(OC(F)F)c(OCC2CC2)c1)C1SCCN1S(=O)(=O)CCN1CCOCC1. The maximum atomic E-state index is 13.7. The monoisotopic (exact) mass is 695 g/mol. The standard InChI is InChI=1S/C28H33Cl2F2N3O7S2/c29-21-15-33-16-22(30)20(21)14-24(19-3-4-23(42-28(31)32)25(13-19)40-17-18-1-2-18)41-27(36)26-35(7-11-43-26)44(37,38)12-8-34-5-9-39-10-6-34/h3-4,13,15-16,18,24,26,28H,1-2,5-12,14,17H2. The van der Waals surface area contributed by atoms with E-state index in [0.717, 1.165) is 12.8 Å². The van der Waals surface area contributed by atoms with E-state index in [1.54, 1.807) is 0 Å². The van der Waals surface area contributed by atoms with Gasteiger partial charge in [-0.2, -0.15) is 13.1 Å². The predicted molar refractivity (Wildman–Crippen MR) is 162 cm³/mol. The molecule has 44 heavy (non-hydrogen) atoms. The quantitative estimate of drug-likeness (QED) is 0.260. The number of ether oxygens (including phenoxy) is 4. The highest BCUT2D eigenvalue weighted by atomic mass is 35.5. The average Bonchev–Trinajstić information content (AvgIpc) is 3.69. The summed E-state index contributed by atoms with van der Waals surface area (Å²) >= 11 is 14.0. The predicted octanol–water partition coefficient (Wildman–Crippen LogP) is 4.64. The number of hydrogen-bond donors (Lipinski definition) is 0. The van der Waals surface area contributed by atoms with Gasteiger partial charge in [0.25, 0.3) is 0 Å². The van der Waals surface area contributed by atoms with Gasteiger partial charge in [-0.25, -0.2) is 13.2 Å². The van der Waals surface area contributed by atoms with E-state index in [4.69, 9.17) is 37.4 Å². The van der Waals surface area contributed by atoms with Gasteiger partial charge in [-0.1, -0.05) is 29.3 Å². The van der Waals surface area contributed by atoms with Crippen LogP contribution < -0.4 is 9.47 Å². The van der Waals surface area contributed by atoms with Crippen molar-refractivity contribution < 1.29 is 40.9 Å². The second kappa shape index (κ2) is 15.1. The van der Waals surface area contributed by atoms with E-state index in [1.165, 1.54) is 46.7 Å². The molecule has 2 unspecified atom stereocenters. The Balaban J connectivity index is 1.38. The number of rotatable bonds is 14. The molecule has 0 bridgehead atoms. The second-order valence-corrected chi connectivity index (χ2v) is 14.7. The Labute approximate surface area is 269 Å². The lowest BCUT2D eigenvalue weighted by Crippen LogP contribution is -2.45. The Morgan fingerprint density at radius 1 is 1.11 bits per heavy atom. The average molecular weight is 697 g/mol. The number of nitrogens with zero attached hydrogens (tertiary/aromatic N) is 3. The highest BCUT2D eigenvalue weighted by molar-refractivity contribution is 8.02. The smallest absolute Gasteiger partial charge is 0.387 e. The number of pyridine rings is 1. The molecule has 2 aromatic rings. The highest BCUT2D eigenvalue weighted by Gasteiger charge is 2.41. The summed E-state index contributed by atoms with van der Waals surface area (Å²) in [6.45, 7) is 0.132. The van der Waals surface area contributed by atoms with Crippen molar-refractivity contribution >= 4 is 51.0 Å². The molecule has 2 aliphatic heterocycles. The largest absolute Gasteiger partial charge is 0.489 e. The van der Waals surface area contributed by atoms with Crippen LogP contribution in [0.2, 0.25) is 10.0 Å². The first-order valence-electron chi connectivity index (χ1n) is 14.2. The summed E-state index contributed by atoms with van der Waals surface area (Å²) < 4.78 is 76.0. The highest BCUT2D eigenvalue weighted by Crippen LogP contribution is 2.39. The van der Waals surface area contributed by atoms with Crippen LogP contribution >= 0.6 is 35.0 Å². The Bertz CT molecular complexity index is 1400. The molecule has 0 radical (unpaired) electrons. The molecule has 1 aliphatic carbocycles. The molecule has 0 amide bonds. The normalized spacial score (nSPS) is 20.5. The number of thioether (sulfide) groups is 1. The number of hydrogen-bond acceptors (Lipinski definition) is 10. The summed E-state index contributed by atoms with van der Waals surface area (Å²) in [5.41, 5.74) is 0.850. The van der Waals surface area contributed by atoms with Crippen molar-refractivity contribution in [3.05, 3.63) is 51.8 Å². The number of morpholine rings is 1. The van der Waals surface area contributed by atoms with Gasteiger partial charge in [-0.05, 0) is 42.0 Å². The maximum Gasteiger partial charge on any atom is 0.387 e. The first-order valence-corrected chi connectivity index (χ1v) is 17.6. The molecule has 1 aromatic carbocycles. The van der Waals surface area contributed by atoms with Gasteiger partial charge in [0, 0.05) is 50.7 Å². The zero-order valence-electron chi connectivity index (χ0n) is 23.7. The second-order valence-electron chi connectivity index (χ2n) is 10.7. The maximum absolute atomic E-state index is 13.7. The molecule has 2 saturated heterocycles. The number of sulfonamides is 1. The van der Waals surface area contributed by atoms with Crippen LogP contribution in [-0.2, 0) is 30.7 Å². The van der Waals surface area contributed by atoms with Crippen molar-refractivity contribution in [1.82, 2.24) is 14.2 Å². The van der Waals surface area contributed by atoms with Gasteiger partial charge in [0.2, 0.25) is 10.0 Å². The molecule has 5 rings (SSSR count). The fourth-order valence-electron chi connectivity index (χ4n) is 4.88. The summed E-state index contributed by atoms with van der Waals surface area (Å²) in [5.74, 6) is -0.236. The zero-order chi connectivity index (χ0) is 31.3. The fourth-order valence-corrected chi connectivity index (χ4v) is 8.55. The Hall–Kier alpha value is -1.94. The minimum Gasteiger partial charge on any atom is -0.489 e. The topological polar surface area (TPSA) is 108 Å². The van der Waals surface area contributed by atoms with E-state index in [9.17, 15) is 22.0 Å². The van der Waals surface area contributed by atoms with Crippen LogP contribution in [0.3, 0.4) is 0 Å². The van der Waals surface area contributed by atoms with Gasteiger partial charge in [-0.15, -0.1) is 11.8 Å². The van der Waals surface area contributed by atoms with Crippen LogP contribution in [0, 0.1) is 5.92 Å². The molecular formula is C28H33Cl2F2N3O7S2. The number of carbonyl (C=O) groups is 1. The van der Waals surface area contributed by atoms with Crippen molar-refractivity contribution in [2.45, 2.75) is 37.4 Å². The van der Waals surface area contributed by atoms with Crippen molar-refractivity contribution in [1.29, 1.82) is 0 Å². The number of aromatic nitrogens is 1. The lowest BCUT2D eigenvalue weighted by atomic mass is 10.0. The van der Waals surface area contributed by atoms with Crippen LogP contribution in [0.25, 0.3) is 0 Å². The first-order chi connectivity index (χ1) is 21.1. The van der Waals surface area contributed by atoms with E-state index in [0.29, 0.717) is 62.3 Å². The Morgan fingerprint density at radius 2 is 1.84 bits per heavy atom. The molecule has 10 nitrogen and oxygen atoms in total. The Morgan fingerprint density at radius 3 is 2.52 bits per heavy atom. The van der Waals surface area contributed by atoms with Gasteiger partial charge in [0.05, 0.1) is 35.6 Å². The van der Waals surface area contributed by atoms with Crippen LogP contribution in [0.15, 0.2) is 30.6 Å². The third-order valence-corrected chi connectivity index (χ3v) is 11.3. The number of alkyl halides is 2. The van der Waals surface area contributed by atoms with Gasteiger partial charge in [0.15, 0.2) is 16.9 Å². The molecule has 242 valence electrons. The van der Waals surface area contributed by atoms with E-state index in [-0.39, 0.29) is 40.3 Å². The number of benzene rings is 1. The minimum absolute atomic E-state index is 0.00418. The van der Waals surface area contributed by atoms with Gasteiger partial charge >= 0.3 is 12.6 Å². The molecule has 0 N–H and O–H groups in total. The first kappa shape index (κ1) is 33.4. The van der Waals surface area contributed by atoms with Crippen LogP contribution in [-0.4, -0.2) is 98.1 Å². The molecule has 1 aromatic heterocycles. The number of halogens is 4. The summed E-state index contributed by atoms with van der Waals surface area (Å²) in [4.78, 5) is 19.6. The third kappa shape index (κ3) is 8.86. The van der Waals surface area contributed by atoms with E-state index >= 15 is 0 Å². The van der Waals surface area contributed by atoms with Gasteiger partial charge in [0.1, 0.15) is 6.10 Å². The third-order valence-electron chi connectivity index (χ3n) is 7.50. The van der Waals surface area contributed by atoms with Crippen LogP contribution in [0.1, 0.15) is 30.1 Å².